The van der Waals surface area contributed by atoms with Crippen molar-refractivity contribution in [3.05, 3.63) is 53.6 Å². The number of rotatable bonds is 9. The number of amides is 1. The maximum atomic E-state index is 13.7. The number of primary amides is 1. The first-order valence-electron chi connectivity index (χ1n) is 11.5. The lowest BCUT2D eigenvalue weighted by Crippen LogP contribution is -2.38. The van der Waals surface area contributed by atoms with Crippen LogP contribution in [0.15, 0.2) is 47.4 Å². The molecule has 1 amide bonds. The van der Waals surface area contributed by atoms with Crippen molar-refractivity contribution in [2.24, 2.45) is 5.73 Å². The summed E-state index contributed by atoms with van der Waals surface area (Å²) in [6, 6.07) is 12.1. The van der Waals surface area contributed by atoms with E-state index in [9.17, 15) is 18.3 Å². The minimum Gasteiger partial charge on any atom is -0.483 e. The number of carbonyl (C=O) groups is 1. The molecule has 34 heavy (non-hydrogen) atoms. The first kappa shape index (κ1) is 24.5. The molecular weight excluding hydrogens is 456 g/mol. The molecule has 0 bridgehead atoms. The molecule has 2 atom stereocenters. The lowest BCUT2D eigenvalue weighted by Gasteiger charge is -2.32. The number of ether oxygens (including phenoxy) is 1. The van der Waals surface area contributed by atoms with Crippen LogP contribution in [0.1, 0.15) is 30.0 Å². The molecule has 0 radical (unpaired) electrons. The van der Waals surface area contributed by atoms with E-state index in [4.69, 9.17) is 10.5 Å². The smallest absolute Gasteiger partial charge is 0.255 e. The van der Waals surface area contributed by atoms with Gasteiger partial charge in [0.1, 0.15) is 10.6 Å². The van der Waals surface area contributed by atoms with Crippen LogP contribution in [0.4, 0.5) is 5.69 Å². The van der Waals surface area contributed by atoms with Gasteiger partial charge in [-0.25, -0.2) is 13.1 Å². The summed E-state index contributed by atoms with van der Waals surface area (Å²) in [6.07, 6.45) is 1.78. The van der Waals surface area contributed by atoms with Crippen molar-refractivity contribution in [3.63, 3.8) is 0 Å². The zero-order valence-electron chi connectivity index (χ0n) is 19.3. The van der Waals surface area contributed by atoms with Gasteiger partial charge in [-0.05, 0) is 37.0 Å². The maximum absolute atomic E-state index is 13.7. The van der Waals surface area contributed by atoms with Crippen molar-refractivity contribution < 1.29 is 23.1 Å². The Labute approximate surface area is 200 Å². The fourth-order valence-electron chi connectivity index (χ4n) is 4.75. The number of anilines is 1. The SMILES string of the molecule is CN1CCCc2c(OCC(N)=O)ccc(S(=O)(=O)N[C@H](CN3CC[C@H](O)C3)c3ccccc3)c21. The van der Waals surface area contributed by atoms with Crippen LogP contribution < -0.4 is 20.1 Å². The molecule has 2 aliphatic rings. The second kappa shape index (κ2) is 10.3. The highest BCUT2D eigenvalue weighted by Crippen LogP contribution is 2.39. The van der Waals surface area contributed by atoms with Gasteiger partial charge in [-0.3, -0.25) is 9.69 Å². The van der Waals surface area contributed by atoms with Gasteiger partial charge in [-0.1, -0.05) is 30.3 Å². The Morgan fingerprint density at radius 2 is 2.00 bits per heavy atom. The van der Waals surface area contributed by atoms with Crippen LogP contribution in [0.2, 0.25) is 0 Å². The van der Waals surface area contributed by atoms with Crippen molar-refractivity contribution in [1.82, 2.24) is 9.62 Å². The number of likely N-dealkylation sites (tertiary alicyclic amines) is 1. The largest absolute Gasteiger partial charge is 0.483 e. The number of hydrogen-bond donors (Lipinski definition) is 3. The van der Waals surface area contributed by atoms with Gasteiger partial charge < -0.3 is 20.5 Å². The van der Waals surface area contributed by atoms with E-state index in [0.29, 0.717) is 43.9 Å². The Balaban J connectivity index is 1.67. The zero-order valence-corrected chi connectivity index (χ0v) is 20.1. The second-order valence-electron chi connectivity index (χ2n) is 8.96. The van der Waals surface area contributed by atoms with Gasteiger partial charge in [-0.15, -0.1) is 0 Å². The van der Waals surface area contributed by atoms with E-state index < -0.39 is 22.0 Å². The number of benzene rings is 2. The van der Waals surface area contributed by atoms with Crippen LogP contribution in [-0.4, -0.2) is 70.3 Å². The van der Waals surface area contributed by atoms with Gasteiger partial charge in [0.2, 0.25) is 10.0 Å². The third-order valence-corrected chi connectivity index (χ3v) is 7.86. The zero-order chi connectivity index (χ0) is 24.3. The van der Waals surface area contributed by atoms with Crippen LogP contribution >= 0.6 is 0 Å². The molecule has 0 aliphatic carbocycles. The van der Waals surface area contributed by atoms with Gasteiger partial charge in [-0.2, -0.15) is 0 Å². The van der Waals surface area contributed by atoms with E-state index in [1.165, 1.54) is 6.07 Å². The van der Waals surface area contributed by atoms with Gasteiger partial charge in [0.15, 0.2) is 6.61 Å². The minimum absolute atomic E-state index is 0.179. The number of hydrogen-bond acceptors (Lipinski definition) is 7. The summed E-state index contributed by atoms with van der Waals surface area (Å²) in [6.45, 7) is 2.14. The quantitative estimate of drug-likeness (QED) is 0.481. The van der Waals surface area contributed by atoms with Gasteiger partial charge >= 0.3 is 0 Å². The van der Waals surface area contributed by atoms with E-state index in [1.54, 1.807) is 6.07 Å². The number of nitrogens with zero attached hydrogens (tertiary/aromatic N) is 2. The average molecular weight is 489 g/mol. The van der Waals surface area contributed by atoms with E-state index in [2.05, 4.69) is 9.62 Å². The first-order valence-corrected chi connectivity index (χ1v) is 13.0. The maximum Gasteiger partial charge on any atom is 0.255 e. The molecule has 9 nitrogen and oxygen atoms in total. The number of carbonyl (C=O) groups excluding carboxylic acids is 1. The Morgan fingerprint density at radius 3 is 2.68 bits per heavy atom. The van der Waals surface area contributed by atoms with Crippen LogP contribution in [-0.2, 0) is 21.2 Å². The summed E-state index contributed by atoms with van der Waals surface area (Å²) in [4.78, 5) is 15.4. The fraction of sp³-hybridized carbons (Fsp3) is 0.458. The Bertz CT molecular complexity index is 1130. The monoisotopic (exact) mass is 488 g/mol. The van der Waals surface area contributed by atoms with Crippen molar-refractivity contribution in [3.8, 4) is 5.75 Å². The van der Waals surface area contributed by atoms with Crippen LogP contribution in [0.3, 0.4) is 0 Å². The standard InChI is InChI=1S/C24H32N4O5S/c1-27-12-5-8-19-21(33-16-23(25)30)9-10-22(24(19)27)34(31,32)26-20(17-6-3-2-4-7-17)15-28-13-11-18(29)14-28/h2-4,6-7,9-10,18,20,26,29H,5,8,11-16H2,1H3,(H2,25,30)/t18-,20+/m0/s1. The summed E-state index contributed by atoms with van der Waals surface area (Å²) < 4.78 is 36.0. The topological polar surface area (TPSA) is 125 Å². The molecule has 0 spiro atoms. The highest BCUT2D eigenvalue weighted by molar-refractivity contribution is 7.89. The van der Waals surface area contributed by atoms with Crippen molar-refractivity contribution in [1.29, 1.82) is 0 Å². The predicted molar refractivity (Wildman–Crippen MR) is 129 cm³/mol. The van der Waals surface area contributed by atoms with E-state index in [-0.39, 0.29) is 17.6 Å². The Kier molecular flexibility index (Phi) is 7.42. The van der Waals surface area contributed by atoms with E-state index >= 15 is 0 Å². The molecule has 4 rings (SSSR count). The molecule has 1 fully saturated rings. The highest BCUT2D eigenvalue weighted by atomic mass is 32.2. The molecule has 2 heterocycles. The minimum atomic E-state index is -3.91. The molecule has 10 heteroatoms. The molecule has 0 saturated carbocycles. The third-order valence-electron chi connectivity index (χ3n) is 6.35. The number of fused-ring (bicyclic) bond motifs is 1. The summed E-state index contributed by atoms with van der Waals surface area (Å²) >= 11 is 0. The summed E-state index contributed by atoms with van der Waals surface area (Å²) in [5.41, 5.74) is 7.43. The van der Waals surface area contributed by atoms with Crippen LogP contribution in [0, 0.1) is 0 Å². The van der Waals surface area contributed by atoms with E-state index in [1.807, 2.05) is 42.3 Å². The number of aliphatic hydroxyl groups is 1. The molecule has 1 saturated heterocycles. The molecular formula is C24H32N4O5S. The summed E-state index contributed by atoms with van der Waals surface area (Å²) in [5, 5.41) is 9.93. The molecule has 2 aliphatic heterocycles. The Hall–Kier alpha value is -2.66. The summed E-state index contributed by atoms with van der Waals surface area (Å²) in [7, 11) is -2.06. The number of nitrogens with one attached hydrogen (secondary N) is 1. The molecule has 184 valence electrons. The third kappa shape index (κ3) is 5.52. The number of nitrogens with two attached hydrogens (primary N) is 1. The summed E-state index contributed by atoms with van der Waals surface area (Å²) in [5.74, 6) is -0.112. The average Bonchev–Trinajstić information content (AvgIpc) is 3.22. The fourth-order valence-corrected chi connectivity index (χ4v) is 6.24. The second-order valence-corrected chi connectivity index (χ2v) is 10.6. The molecule has 0 aromatic heterocycles. The molecule has 4 N–H and O–H groups in total. The molecule has 0 unspecified atom stereocenters. The van der Waals surface area contributed by atoms with Gasteiger partial charge in [0, 0.05) is 38.8 Å². The Morgan fingerprint density at radius 1 is 1.24 bits per heavy atom. The van der Waals surface area contributed by atoms with Gasteiger partial charge in [0.05, 0.1) is 17.8 Å². The van der Waals surface area contributed by atoms with Crippen LogP contribution in [0.25, 0.3) is 0 Å². The van der Waals surface area contributed by atoms with Crippen molar-refractivity contribution in [2.45, 2.75) is 36.3 Å². The van der Waals surface area contributed by atoms with Crippen molar-refractivity contribution >= 4 is 21.6 Å². The lowest BCUT2D eigenvalue weighted by atomic mass is 10.0. The lowest BCUT2D eigenvalue weighted by molar-refractivity contribution is -0.119. The molecule has 2 aromatic rings. The van der Waals surface area contributed by atoms with Crippen molar-refractivity contribution in [2.75, 3.05) is 44.7 Å². The van der Waals surface area contributed by atoms with Gasteiger partial charge in [0.25, 0.3) is 5.91 Å². The number of β-amino-alcohol motifs (C(OH)–C–C–N with tert-alkyl or cyclic N) is 1. The van der Waals surface area contributed by atoms with Crippen LogP contribution in [0.5, 0.6) is 5.75 Å². The highest BCUT2D eigenvalue weighted by Gasteiger charge is 2.32. The predicted octanol–water partition coefficient (Wildman–Crippen LogP) is 1.02. The number of aliphatic hydroxyl groups excluding tert-OH is 1. The normalized spacial score (nSPS) is 19.6. The van der Waals surface area contributed by atoms with E-state index in [0.717, 1.165) is 24.1 Å². The molecule has 2 aromatic carbocycles. The number of sulfonamides is 1. The first-order chi connectivity index (χ1) is 16.2.